The van der Waals surface area contributed by atoms with E-state index in [4.69, 9.17) is 10.8 Å². The van der Waals surface area contributed by atoms with Crippen LogP contribution in [0.3, 0.4) is 0 Å². The van der Waals surface area contributed by atoms with Gasteiger partial charge < -0.3 is 26.0 Å². The van der Waals surface area contributed by atoms with Crippen LogP contribution >= 0.6 is 0 Å². The molecule has 1 aliphatic heterocycles. The van der Waals surface area contributed by atoms with Gasteiger partial charge in [0.15, 0.2) is 5.82 Å². The van der Waals surface area contributed by atoms with Crippen molar-refractivity contribution in [3.05, 3.63) is 47.4 Å². The number of aliphatic hydroxyl groups excluding tert-OH is 1. The largest absolute Gasteiger partial charge is 0.395 e. The minimum atomic E-state index is -0.315. The van der Waals surface area contributed by atoms with E-state index in [0.29, 0.717) is 24.8 Å². The zero-order chi connectivity index (χ0) is 24.8. The minimum absolute atomic E-state index is 0.0522. The number of anilines is 2. The highest BCUT2D eigenvalue weighted by atomic mass is 16.3. The predicted molar refractivity (Wildman–Crippen MR) is 137 cm³/mol. The molecule has 1 fully saturated rings. The number of imidazole rings is 1. The number of hydrogen-bond acceptors (Lipinski definition) is 6. The maximum atomic E-state index is 12.7. The van der Waals surface area contributed by atoms with E-state index in [1.807, 2.05) is 22.9 Å². The molecule has 2 aromatic rings. The SMILES string of the molecule is CN(CCO)CC(=O)N1CCC(c2ccc(NC(=O)c3ncc(N)[nH]3)c(C3=CCCCC3)c2)CC1. The Morgan fingerprint density at radius 3 is 2.74 bits per heavy atom. The number of aromatic nitrogens is 2. The summed E-state index contributed by atoms with van der Waals surface area (Å²) in [7, 11) is 1.85. The number of nitrogens with one attached hydrogen (secondary N) is 2. The first-order valence-electron chi connectivity index (χ1n) is 12.5. The maximum absolute atomic E-state index is 12.7. The van der Waals surface area contributed by atoms with E-state index < -0.39 is 0 Å². The van der Waals surface area contributed by atoms with Gasteiger partial charge in [-0.3, -0.25) is 14.5 Å². The van der Waals surface area contributed by atoms with Crippen LogP contribution in [0.2, 0.25) is 0 Å². The lowest BCUT2D eigenvalue weighted by molar-refractivity contribution is -0.133. The molecule has 2 aliphatic rings. The summed E-state index contributed by atoms with van der Waals surface area (Å²) in [4.78, 5) is 35.9. The Hall–Kier alpha value is -3.17. The first-order chi connectivity index (χ1) is 16.9. The molecule has 0 saturated carbocycles. The first-order valence-corrected chi connectivity index (χ1v) is 12.5. The number of allylic oxidation sites excluding steroid dienone is 2. The van der Waals surface area contributed by atoms with Crippen molar-refractivity contribution in [1.82, 2.24) is 19.8 Å². The summed E-state index contributed by atoms with van der Waals surface area (Å²) >= 11 is 0. The number of likely N-dealkylation sites (tertiary alicyclic amines) is 1. The Morgan fingerprint density at radius 2 is 2.09 bits per heavy atom. The first kappa shape index (κ1) is 24.9. The van der Waals surface area contributed by atoms with Crippen LogP contribution in [0.15, 0.2) is 30.5 Å². The van der Waals surface area contributed by atoms with Gasteiger partial charge in [-0.2, -0.15) is 0 Å². The van der Waals surface area contributed by atoms with E-state index in [0.717, 1.165) is 56.4 Å². The van der Waals surface area contributed by atoms with Crippen molar-refractivity contribution in [3.63, 3.8) is 0 Å². The molecule has 35 heavy (non-hydrogen) atoms. The second-order valence-corrected chi connectivity index (χ2v) is 9.54. The third kappa shape index (κ3) is 6.29. The number of aliphatic hydroxyl groups is 1. The van der Waals surface area contributed by atoms with Crippen LogP contribution in [0.4, 0.5) is 11.5 Å². The van der Waals surface area contributed by atoms with Gasteiger partial charge in [-0.1, -0.05) is 12.1 Å². The zero-order valence-corrected chi connectivity index (χ0v) is 20.4. The van der Waals surface area contributed by atoms with Crippen LogP contribution in [0.1, 0.15) is 66.2 Å². The Labute approximate surface area is 206 Å². The van der Waals surface area contributed by atoms with E-state index >= 15 is 0 Å². The number of aromatic amines is 1. The number of H-pyrrole nitrogens is 1. The van der Waals surface area contributed by atoms with Gasteiger partial charge in [0.1, 0.15) is 5.82 Å². The maximum Gasteiger partial charge on any atom is 0.291 e. The van der Waals surface area contributed by atoms with Crippen LogP contribution < -0.4 is 11.1 Å². The average molecular weight is 481 g/mol. The lowest BCUT2D eigenvalue weighted by Gasteiger charge is -2.33. The quantitative estimate of drug-likeness (QED) is 0.460. The van der Waals surface area contributed by atoms with Crippen molar-refractivity contribution < 1.29 is 14.7 Å². The average Bonchev–Trinajstić information content (AvgIpc) is 3.31. The van der Waals surface area contributed by atoms with E-state index in [1.54, 1.807) is 0 Å². The monoisotopic (exact) mass is 480 g/mol. The summed E-state index contributed by atoms with van der Waals surface area (Å²) in [6.07, 6.45) is 9.91. The number of hydrogen-bond donors (Lipinski definition) is 4. The second-order valence-electron chi connectivity index (χ2n) is 9.54. The molecule has 2 heterocycles. The number of carbonyl (C=O) groups is 2. The van der Waals surface area contributed by atoms with Gasteiger partial charge in [0, 0.05) is 30.9 Å². The zero-order valence-electron chi connectivity index (χ0n) is 20.4. The van der Waals surface area contributed by atoms with Crippen LogP contribution in [-0.2, 0) is 4.79 Å². The Kier molecular flexibility index (Phi) is 8.20. The van der Waals surface area contributed by atoms with Gasteiger partial charge >= 0.3 is 0 Å². The number of benzene rings is 1. The molecule has 1 saturated heterocycles. The molecule has 9 nitrogen and oxygen atoms in total. The summed E-state index contributed by atoms with van der Waals surface area (Å²) in [5.74, 6) is 0.711. The fourth-order valence-corrected chi connectivity index (χ4v) is 4.95. The lowest BCUT2D eigenvalue weighted by atomic mass is 9.85. The molecule has 1 aromatic heterocycles. The van der Waals surface area contributed by atoms with Gasteiger partial charge in [0.05, 0.1) is 19.3 Å². The van der Waals surface area contributed by atoms with Crippen molar-refractivity contribution >= 4 is 28.9 Å². The second kappa shape index (κ2) is 11.5. The van der Waals surface area contributed by atoms with E-state index in [1.165, 1.54) is 23.8 Å². The molecule has 0 atom stereocenters. The normalized spacial score (nSPS) is 16.9. The van der Waals surface area contributed by atoms with Gasteiger partial charge in [-0.15, -0.1) is 0 Å². The third-order valence-corrected chi connectivity index (χ3v) is 6.95. The highest BCUT2D eigenvalue weighted by Gasteiger charge is 2.25. The smallest absolute Gasteiger partial charge is 0.291 e. The van der Waals surface area contributed by atoms with Crippen LogP contribution in [0.25, 0.3) is 5.57 Å². The molecule has 5 N–H and O–H groups in total. The van der Waals surface area contributed by atoms with Crippen molar-refractivity contribution in [1.29, 1.82) is 0 Å². The van der Waals surface area contributed by atoms with Crippen LogP contribution in [0, 0.1) is 0 Å². The van der Waals surface area contributed by atoms with Crippen LogP contribution in [0.5, 0.6) is 0 Å². The third-order valence-electron chi connectivity index (χ3n) is 6.95. The number of rotatable bonds is 8. The highest BCUT2D eigenvalue weighted by Crippen LogP contribution is 2.36. The molecule has 1 aromatic carbocycles. The Balaban J connectivity index is 1.47. The number of likely N-dealkylation sites (N-methyl/N-ethyl adjacent to an activating group) is 1. The summed E-state index contributed by atoms with van der Waals surface area (Å²) in [6.45, 7) is 2.34. The number of piperidine rings is 1. The molecule has 9 heteroatoms. The lowest BCUT2D eigenvalue weighted by Crippen LogP contribution is -2.43. The van der Waals surface area contributed by atoms with Crippen molar-refractivity contribution in [2.24, 2.45) is 0 Å². The minimum Gasteiger partial charge on any atom is -0.395 e. The van der Waals surface area contributed by atoms with Crippen molar-refractivity contribution in [3.8, 4) is 0 Å². The summed E-state index contributed by atoms with van der Waals surface area (Å²) < 4.78 is 0. The van der Waals surface area contributed by atoms with Crippen molar-refractivity contribution in [2.75, 3.05) is 50.9 Å². The number of nitrogen functional groups attached to an aromatic ring is 1. The molecule has 0 bridgehead atoms. The fraction of sp³-hybridized carbons (Fsp3) is 0.500. The molecule has 2 amide bonds. The standard InChI is InChI=1S/C26H36N6O3/c1-31(13-14-33)17-24(34)32-11-9-18(10-12-32)20-7-8-22(21(15-20)19-5-3-2-4-6-19)29-26(35)25-28-16-23(27)30-25/h5,7-8,15-16,18,33H,2-4,6,9-14,17,27H2,1H3,(H,28,30)(H,29,35). The van der Waals surface area contributed by atoms with Gasteiger partial charge in [-0.05, 0) is 74.8 Å². The molecular formula is C26H36N6O3. The topological polar surface area (TPSA) is 128 Å². The molecule has 0 radical (unpaired) electrons. The van der Waals surface area contributed by atoms with Gasteiger partial charge in [0.2, 0.25) is 5.91 Å². The highest BCUT2D eigenvalue weighted by molar-refractivity contribution is 6.03. The molecule has 0 spiro atoms. The Bertz CT molecular complexity index is 1070. The number of carbonyl (C=O) groups excluding carboxylic acids is 2. The summed E-state index contributed by atoms with van der Waals surface area (Å²) in [5.41, 5.74) is 10.0. The summed E-state index contributed by atoms with van der Waals surface area (Å²) in [6, 6.07) is 6.31. The fourth-order valence-electron chi connectivity index (χ4n) is 4.95. The molecule has 0 unspecified atom stereocenters. The molecule has 188 valence electrons. The van der Waals surface area contributed by atoms with Gasteiger partial charge in [-0.25, -0.2) is 4.98 Å². The number of amides is 2. The van der Waals surface area contributed by atoms with E-state index in [-0.39, 0.29) is 24.2 Å². The van der Waals surface area contributed by atoms with Crippen molar-refractivity contribution in [2.45, 2.75) is 44.4 Å². The number of nitrogens with zero attached hydrogens (tertiary/aromatic N) is 3. The van der Waals surface area contributed by atoms with Gasteiger partial charge in [0.25, 0.3) is 5.91 Å². The Morgan fingerprint density at radius 1 is 1.29 bits per heavy atom. The predicted octanol–water partition coefficient (Wildman–Crippen LogP) is 2.83. The molecule has 1 aliphatic carbocycles. The molecular weight excluding hydrogens is 444 g/mol. The number of nitrogens with two attached hydrogens (primary N) is 1. The van der Waals surface area contributed by atoms with E-state index in [9.17, 15) is 9.59 Å². The summed E-state index contributed by atoms with van der Waals surface area (Å²) in [5, 5.41) is 12.1. The molecule has 4 rings (SSSR count). The van der Waals surface area contributed by atoms with Crippen LogP contribution in [-0.4, -0.2) is 76.5 Å². The van der Waals surface area contributed by atoms with E-state index in [2.05, 4.69) is 33.5 Å².